The maximum Gasteiger partial charge on any atom is 0.248 e. The lowest BCUT2D eigenvalue weighted by molar-refractivity contribution is -0.151. The Morgan fingerprint density at radius 1 is 1.15 bits per heavy atom. The largest absolute Gasteiger partial charge is 0.340 e. The van der Waals surface area contributed by atoms with Crippen LogP contribution in [0, 0.1) is 0 Å². The molecule has 20 heavy (non-hydrogen) atoms. The minimum Gasteiger partial charge on any atom is -0.340 e. The van der Waals surface area contributed by atoms with Gasteiger partial charge >= 0.3 is 0 Å². The maximum absolute atomic E-state index is 12.7. The van der Waals surface area contributed by atoms with E-state index in [9.17, 15) is 9.59 Å². The third kappa shape index (κ3) is 3.51. The van der Waals surface area contributed by atoms with Gasteiger partial charge in [-0.05, 0) is 46.3 Å². The summed E-state index contributed by atoms with van der Waals surface area (Å²) >= 11 is 0. The van der Waals surface area contributed by atoms with Crippen LogP contribution in [-0.4, -0.2) is 60.9 Å². The summed E-state index contributed by atoms with van der Waals surface area (Å²) in [5, 5.41) is 2.98. The Labute approximate surface area is 121 Å². The number of nitrogens with zero attached hydrogens (tertiary/aromatic N) is 2. The molecule has 1 N–H and O–H groups in total. The van der Waals surface area contributed by atoms with E-state index in [0.29, 0.717) is 6.54 Å². The average molecular weight is 281 g/mol. The van der Waals surface area contributed by atoms with Gasteiger partial charge in [0.05, 0.1) is 6.54 Å². The Bertz CT molecular complexity index is 362. The summed E-state index contributed by atoms with van der Waals surface area (Å²) in [6, 6.07) is 0. The van der Waals surface area contributed by atoms with Gasteiger partial charge in [-0.15, -0.1) is 0 Å². The summed E-state index contributed by atoms with van der Waals surface area (Å²) in [5.41, 5.74) is -0.574. The molecule has 0 aromatic heterocycles. The second-order valence-corrected chi connectivity index (χ2v) is 6.43. The van der Waals surface area contributed by atoms with E-state index in [1.54, 1.807) is 4.90 Å². The predicted octanol–water partition coefficient (Wildman–Crippen LogP) is 0.989. The summed E-state index contributed by atoms with van der Waals surface area (Å²) in [7, 11) is 4.10. The Hall–Kier alpha value is -1.10. The fourth-order valence-electron chi connectivity index (χ4n) is 3.31. The second kappa shape index (κ2) is 6.57. The third-order valence-corrected chi connectivity index (χ3v) is 4.40. The lowest BCUT2D eigenvalue weighted by Gasteiger charge is -2.44. The van der Waals surface area contributed by atoms with Crippen LogP contribution in [-0.2, 0) is 9.59 Å². The normalized spacial score (nSPS) is 22.4. The van der Waals surface area contributed by atoms with Crippen LogP contribution in [0.1, 0.15) is 44.9 Å². The molecule has 0 bridgehead atoms. The molecule has 114 valence electrons. The number of hydrogen-bond donors (Lipinski definition) is 1. The lowest BCUT2D eigenvalue weighted by atomic mass is 9.79. The van der Waals surface area contributed by atoms with Crippen LogP contribution in [0.2, 0.25) is 0 Å². The highest BCUT2D eigenvalue weighted by molar-refractivity contribution is 5.98. The minimum atomic E-state index is -0.574. The zero-order chi connectivity index (χ0) is 14.6. The summed E-state index contributed by atoms with van der Waals surface area (Å²) in [6.07, 6.45) is 6.91. The zero-order valence-corrected chi connectivity index (χ0v) is 12.8. The molecule has 0 radical (unpaired) electrons. The average Bonchev–Trinajstić information content (AvgIpc) is 2.41. The van der Waals surface area contributed by atoms with Gasteiger partial charge in [-0.3, -0.25) is 9.59 Å². The summed E-state index contributed by atoms with van der Waals surface area (Å²) in [4.78, 5) is 28.5. The van der Waals surface area contributed by atoms with Gasteiger partial charge < -0.3 is 15.1 Å². The van der Waals surface area contributed by atoms with Crippen LogP contribution >= 0.6 is 0 Å². The van der Waals surface area contributed by atoms with E-state index in [1.165, 1.54) is 6.42 Å². The van der Waals surface area contributed by atoms with Crippen LogP contribution in [0.5, 0.6) is 0 Å². The van der Waals surface area contributed by atoms with Crippen molar-refractivity contribution in [3.8, 4) is 0 Å². The molecule has 0 unspecified atom stereocenters. The highest BCUT2D eigenvalue weighted by atomic mass is 16.2. The number of amides is 2. The van der Waals surface area contributed by atoms with Crippen molar-refractivity contribution in [3.05, 3.63) is 0 Å². The van der Waals surface area contributed by atoms with E-state index >= 15 is 0 Å². The molecule has 1 aliphatic carbocycles. The Morgan fingerprint density at radius 2 is 1.85 bits per heavy atom. The van der Waals surface area contributed by atoms with Crippen LogP contribution in [0.4, 0.5) is 0 Å². The standard InChI is InChI=1S/C15H27N3O2/c1-17(2)10-6-7-11-18-12-13(19)16-15(14(18)20)8-4-3-5-9-15/h3-12H2,1-2H3,(H,16,19). The first kappa shape index (κ1) is 15.3. The van der Waals surface area contributed by atoms with Gasteiger partial charge in [0.15, 0.2) is 0 Å². The van der Waals surface area contributed by atoms with Gasteiger partial charge in [-0.1, -0.05) is 19.3 Å². The van der Waals surface area contributed by atoms with E-state index < -0.39 is 5.54 Å². The first-order valence-electron chi connectivity index (χ1n) is 7.79. The van der Waals surface area contributed by atoms with Crippen molar-refractivity contribution < 1.29 is 9.59 Å². The number of rotatable bonds is 5. The Kier molecular flexibility index (Phi) is 5.02. The fourth-order valence-corrected chi connectivity index (χ4v) is 3.31. The van der Waals surface area contributed by atoms with Crippen LogP contribution < -0.4 is 5.32 Å². The fraction of sp³-hybridized carbons (Fsp3) is 0.867. The van der Waals surface area contributed by atoms with Gasteiger partial charge in [0.1, 0.15) is 5.54 Å². The zero-order valence-electron chi connectivity index (χ0n) is 12.8. The number of unbranched alkanes of at least 4 members (excludes halogenated alkanes) is 1. The first-order chi connectivity index (χ1) is 9.53. The smallest absolute Gasteiger partial charge is 0.248 e. The predicted molar refractivity (Wildman–Crippen MR) is 78.3 cm³/mol. The number of carbonyl (C=O) groups excluding carboxylic acids is 2. The molecule has 5 nitrogen and oxygen atoms in total. The molecule has 1 spiro atoms. The van der Waals surface area contributed by atoms with E-state index in [2.05, 4.69) is 24.3 Å². The van der Waals surface area contributed by atoms with Crippen molar-refractivity contribution in [3.63, 3.8) is 0 Å². The quantitative estimate of drug-likeness (QED) is 0.765. The highest BCUT2D eigenvalue weighted by Gasteiger charge is 2.46. The minimum absolute atomic E-state index is 0.0131. The third-order valence-electron chi connectivity index (χ3n) is 4.40. The van der Waals surface area contributed by atoms with E-state index in [4.69, 9.17) is 0 Å². The molecular weight excluding hydrogens is 254 g/mol. The van der Waals surface area contributed by atoms with Gasteiger partial charge in [-0.2, -0.15) is 0 Å². The van der Waals surface area contributed by atoms with Gasteiger partial charge in [0.2, 0.25) is 11.8 Å². The summed E-state index contributed by atoms with van der Waals surface area (Å²) < 4.78 is 0. The first-order valence-corrected chi connectivity index (χ1v) is 7.79. The molecule has 2 aliphatic rings. The van der Waals surface area contributed by atoms with Crippen LogP contribution in [0.25, 0.3) is 0 Å². The summed E-state index contributed by atoms with van der Waals surface area (Å²) in [5.74, 6) is 0.167. The van der Waals surface area contributed by atoms with Crippen LogP contribution in [0.3, 0.4) is 0 Å². The van der Waals surface area contributed by atoms with Crippen molar-refractivity contribution in [1.29, 1.82) is 0 Å². The molecule has 0 aromatic rings. The van der Waals surface area contributed by atoms with Crippen molar-refractivity contribution >= 4 is 11.8 Å². The number of carbonyl (C=O) groups is 2. The number of piperazine rings is 1. The molecule has 0 atom stereocenters. The number of hydrogen-bond acceptors (Lipinski definition) is 3. The molecule has 0 aromatic carbocycles. The van der Waals surface area contributed by atoms with E-state index in [1.807, 2.05) is 0 Å². The molecule has 2 fully saturated rings. The Morgan fingerprint density at radius 3 is 2.50 bits per heavy atom. The van der Waals surface area contributed by atoms with Crippen molar-refractivity contribution in [1.82, 2.24) is 15.1 Å². The van der Waals surface area contributed by atoms with E-state index in [0.717, 1.165) is 45.1 Å². The van der Waals surface area contributed by atoms with E-state index in [-0.39, 0.29) is 18.4 Å². The van der Waals surface area contributed by atoms with Gasteiger partial charge in [-0.25, -0.2) is 0 Å². The monoisotopic (exact) mass is 281 g/mol. The van der Waals surface area contributed by atoms with Gasteiger partial charge in [0, 0.05) is 6.54 Å². The second-order valence-electron chi connectivity index (χ2n) is 6.43. The maximum atomic E-state index is 12.7. The molecule has 2 rings (SSSR count). The molecule has 1 heterocycles. The molecule has 1 saturated heterocycles. The molecule has 5 heteroatoms. The molecule has 1 saturated carbocycles. The molecule has 2 amide bonds. The Balaban J connectivity index is 1.91. The molecular formula is C15H27N3O2. The van der Waals surface area contributed by atoms with Crippen molar-refractivity contribution in [2.45, 2.75) is 50.5 Å². The van der Waals surface area contributed by atoms with Crippen LogP contribution in [0.15, 0.2) is 0 Å². The summed E-state index contributed by atoms with van der Waals surface area (Å²) in [6.45, 7) is 1.98. The van der Waals surface area contributed by atoms with Crippen molar-refractivity contribution in [2.75, 3.05) is 33.7 Å². The number of nitrogens with one attached hydrogen (secondary N) is 1. The highest BCUT2D eigenvalue weighted by Crippen LogP contribution is 2.31. The van der Waals surface area contributed by atoms with Gasteiger partial charge in [0.25, 0.3) is 0 Å². The van der Waals surface area contributed by atoms with Crippen molar-refractivity contribution in [2.24, 2.45) is 0 Å². The molecule has 1 aliphatic heterocycles. The lowest BCUT2D eigenvalue weighted by Crippen LogP contribution is -2.67. The SMILES string of the molecule is CN(C)CCCCN1CC(=O)NC2(CCCCC2)C1=O. The topological polar surface area (TPSA) is 52.6 Å².